The second kappa shape index (κ2) is 13.8. The van der Waals surface area contributed by atoms with Crippen molar-refractivity contribution in [1.82, 2.24) is 30.4 Å². The molecule has 0 unspecified atom stereocenters. The Morgan fingerprint density at radius 1 is 1.02 bits per heavy atom. The van der Waals surface area contributed by atoms with Gasteiger partial charge in [-0.25, -0.2) is 0 Å². The van der Waals surface area contributed by atoms with Crippen LogP contribution in [0.1, 0.15) is 28.9 Å². The number of carbonyl (C=O) groups excluding carboxylic acids is 1. The lowest BCUT2D eigenvalue weighted by Gasteiger charge is -2.26. The maximum atomic E-state index is 13.7. The number of halogens is 6. The van der Waals surface area contributed by atoms with E-state index in [0.29, 0.717) is 80.1 Å². The van der Waals surface area contributed by atoms with Crippen molar-refractivity contribution < 1.29 is 40.6 Å². The number of thioether (sulfide) groups is 1. The molecule has 0 aliphatic carbocycles. The Bertz CT molecular complexity index is 1530. The Kier molecular flexibility index (Phi) is 10.1. The molecule has 2 saturated heterocycles. The van der Waals surface area contributed by atoms with Crippen LogP contribution in [0.15, 0.2) is 41.3 Å². The van der Waals surface area contributed by atoms with E-state index < -0.39 is 23.5 Å². The van der Waals surface area contributed by atoms with Crippen molar-refractivity contribution in [1.29, 1.82) is 0 Å². The van der Waals surface area contributed by atoms with Crippen LogP contribution in [0.5, 0.6) is 5.75 Å². The van der Waals surface area contributed by atoms with Gasteiger partial charge >= 0.3 is 12.4 Å². The van der Waals surface area contributed by atoms with Gasteiger partial charge in [-0.15, -0.1) is 10.2 Å². The van der Waals surface area contributed by atoms with Crippen LogP contribution in [0.2, 0.25) is 0 Å². The van der Waals surface area contributed by atoms with Gasteiger partial charge in [0.1, 0.15) is 16.7 Å². The second-order valence-electron chi connectivity index (χ2n) is 10.1. The Labute approximate surface area is 262 Å². The van der Waals surface area contributed by atoms with Crippen molar-refractivity contribution in [2.45, 2.75) is 25.2 Å². The SMILES string of the molecule is O=C1/C(=C/c2ccc(OCCN3CCOCC3)c(-c3cc(C(F)(F)F)cc(C(F)(F)F)c3)c2)SC(=S)N1CCCc1nn[nH]n1. The maximum absolute atomic E-state index is 13.7. The van der Waals surface area contributed by atoms with Gasteiger partial charge < -0.3 is 9.47 Å². The number of hydrogen-bond donors (Lipinski definition) is 1. The zero-order valence-electron chi connectivity index (χ0n) is 23.5. The summed E-state index contributed by atoms with van der Waals surface area (Å²) in [6, 6.07) is 5.85. The van der Waals surface area contributed by atoms with E-state index in [2.05, 4.69) is 25.5 Å². The third kappa shape index (κ3) is 8.39. The number of benzene rings is 2. The van der Waals surface area contributed by atoms with Crippen LogP contribution in [0.4, 0.5) is 26.3 Å². The number of alkyl halides is 6. The predicted molar refractivity (Wildman–Crippen MR) is 157 cm³/mol. The second-order valence-corrected chi connectivity index (χ2v) is 11.8. The minimum atomic E-state index is -5.03. The van der Waals surface area contributed by atoms with E-state index in [-0.39, 0.29) is 40.4 Å². The third-order valence-corrected chi connectivity index (χ3v) is 8.39. The van der Waals surface area contributed by atoms with Crippen molar-refractivity contribution in [2.24, 2.45) is 0 Å². The molecule has 2 fully saturated rings. The van der Waals surface area contributed by atoms with E-state index in [1.807, 2.05) is 0 Å². The average Bonchev–Trinajstić information content (AvgIpc) is 3.61. The van der Waals surface area contributed by atoms with E-state index in [1.165, 1.54) is 23.1 Å². The van der Waals surface area contributed by atoms with Gasteiger partial charge in [0.15, 0.2) is 5.82 Å². The molecule has 3 aromatic rings. The van der Waals surface area contributed by atoms with Crippen molar-refractivity contribution in [2.75, 3.05) is 46.0 Å². The molecule has 3 heterocycles. The molecular formula is C28H26F6N6O3S2. The summed E-state index contributed by atoms with van der Waals surface area (Å²) < 4.78 is 93.8. The van der Waals surface area contributed by atoms with Crippen LogP contribution < -0.4 is 4.74 Å². The number of rotatable bonds is 10. The molecular weight excluding hydrogens is 646 g/mol. The fourth-order valence-corrected chi connectivity index (χ4v) is 6.05. The highest BCUT2D eigenvalue weighted by Crippen LogP contribution is 2.41. The molecule has 1 N–H and O–H groups in total. The van der Waals surface area contributed by atoms with Crippen LogP contribution in [0.3, 0.4) is 0 Å². The van der Waals surface area contributed by atoms with Crippen molar-refractivity contribution in [3.63, 3.8) is 0 Å². The molecule has 2 aromatic carbocycles. The molecule has 2 aliphatic rings. The molecule has 0 atom stereocenters. The molecule has 2 aliphatic heterocycles. The normalized spacial score (nSPS) is 17.5. The smallest absolute Gasteiger partial charge is 0.416 e. The van der Waals surface area contributed by atoms with Crippen LogP contribution >= 0.6 is 24.0 Å². The first-order chi connectivity index (χ1) is 21.4. The summed E-state index contributed by atoms with van der Waals surface area (Å²) in [5.41, 5.74) is -2.85. The number of carbonyl (C=O) groups is 1. The van der Waals surface area contributed by atoms with Gasteiger partial charge in [-0.2, -0.15) is 31.6 Å². The minimum Gasteiger partial charge on any atom is -0.492 e. The van der Waals surface area contributed by atoms with Gasteiger partial charge in [-0.1, -0.05) is 35.3 Å². The summed E-state index contributed by atoms with van der Waals surface area (Å²) in [7, 11) is 0. The fraction of sp³-hybridized carbons (Fsp3) is 0.393. The highest BCUT2D eigenvalue weighted by atomic mass is 32.2. The Morgan fingerprint density at radius 3 is 2.38 bits per heavy atom. The summed E-state index contributed by atoms with van der Waals surface area (Å²) in [4.78, 5) is 16.9. The van der Waals surface area contributed by atoms with Crippen molar-refractivity contribution in [3.05, 3.63) is 63.8 Å². The quantitative estimate of drug-likeness (QED) is 0.171. The molecule has 5 rings (SSSR count). The van der Waals surface area contributed by atoms with Gasteiger partial charge in [0.2, 0.25) is 0 Å². The third-order valence-electron chi connectivity index (χ3n) is 7.01. The zero-order chi connectivity index (χ0) is 32.2. The molecule has 0 saturated carbocycles. The van der Waals surface area contributed by atoms with Crippen LogP contribution in [0.25, 0.3) is 17.2 Å². The number of amides is 1. The first kappa shape index (κ1) is 32.8. The minimum absolute atomic E-state index is 0.0120. The number of morpholine rings is 1. The lowest BCUT2D eigenvalue weighted by molar-refractivity contribution is -0.143. The van der Waals surface area contributed by atoms with Crippen molar-refractivity contribution >= 4 is 40.3 Å². The summed E-state index contributed by atoms with van der Waals surface area (Å²) in [5.74, 6) is 0.213. The number of ether oxygens (including phenoxy) is 2. The number of aromatic amines is 1. The molecule has 0 spiro atoms. The maximum Gasteiger partial charge on any atom is 0.416 e. The number of nitrogens with one attached hydrogen (secondary N) is 1. The van der Waals surface area contributed by atoms with Gasteiger partial charge in [0.05, 0.1) is 29.2 Å². The van der Waals surface area contributed by atoms with E-state index in [4.69, 9.17) is 21.7 Å². The molecule has 17 heteroatoms. The summed E-state index contributed by atoms with van der Waals surface area (Å²) in [6.45, 7) is 3.36. The highest BCUT2D eigenvalue weighted by Gasteiger charge is 2.37. The molecule has 1 amide bonds. The Balaban J connectivity index is 1.44. The first-order valence-corrected chi connectivity index (χ1v) is 15.0. The van der Waals surface area contributed by atoms with Crippen LogP contribution in [-0.4, -0.2) is 86.7 Å². The number of aryl methyl sites for hydroxylation is 1. The molecule has 1 aromatic heterocycles. The van der Waals surface area contributed by atoms with Gasteiger partial charge in [-0.05, 0) is 54.0 Å². The lowest BCUT2D eigenvalue weighted by Crippen LogP contribution is -2.38. The van der Waals surface area contributed by atoms with Gasteiger partial charge in [0, 0.05) is 38.2 Å². The summed E-state index contributed by atoms with van der Waals surface area (Å²) in [6.07, 6.45) is -7.58. The summed E-state index contributed by atoms with van der Waals surface area (Å²) >= 11 is 6.43. The molecule has 45 heavy (non-hydrogen) atoms. The van der Waals surface area contributed by atoms with E-state index in [0.717, 1.165) is 11.8 Å². The van der Waals surface area contributed by atoms with E-state index in [9.17, 15) is 31.1 Å². The highest BCUT2D eigenvalue weighted by molar-refractivity contribution is 8.26. The predicted octanol–water partition coefficient (Wildman–Crippen LogP) is 5.45. The van der Waals surface area contributed by atoms with Gasteiger partial charge in [-0.3, -0.25) is 14.6 Å². The number of nitrogens with zero attached hydrogens (tertiary/aromatic N) is 5. The molecule has 0 bridgehead atoms. The zero-order valence-corrected chi connectivity index (χ0v) is 25.1. The molecule has 9 nitrogen and oxygen atoms in total. The van der Waals surface area contributed by atoms with Crippen LogP contribution in [0, 0.1) is 0 Å². The standard InChI is InChI=1S/C28H26F6N6O3S2/c29-27(30,31)19-14-18(15-20(16-19)28(32,33)34)21-12-17(3-4-22(21)43-11-8-39-6-9-42-10-7-39)13-23-25(41)40(26(44)45-23)5-1-2-24-35-37-38-36-24/h3-4,12-16H,1-2,5-11H2,(H,35,36,37,38)/b23-13-. The number of thiocarbonyl (C=S) groups is 1. The largest absolute Gasteiger partial charge is 0.492 e. The van der Waals surface area contributed by atoms with Gasteiger partial charge in [0.25, 0.3) is 5.91 Å². The average molecular weight is 673 g/mol. The monoisotopic (exact) mass is 672 g/mol. The van der Waals surface area contributed by atoms with Crippen LogP contribution in [-0.2, 0) is 28.3 Å². The fourth-order valence-electron chi connectivity index (χ4n) is 4.74. The lowest BCUT2D eigenvalue weighted by atomic mass is 9.96. The number of aromatic nitrogens is 4. The molecule has 0 radical (unpaired) electrons. The van der Waals surface area contributed by atoms with E-state index in [1.54, 1.807) is 6.07 Å². The number of tetrazole rings is 1. The Hall–Kier alpha value is -3.54. The first-order valence-electron chi connectivity index (χ1n) is 13.7. The molecule has 240 valence electrons. The van der Waals surface area contributed by atoms with Crippen molar-refractivity contribution in [3.8, 4) is 16.9 Å². The number of H-pyrrole nitrogens is 1. The number of hydrogen-bond acceptors (Lipinski definition) is 9. The Morgan fingerprint density at radius 2 is 1.73 bits per heavy atom. The van der Waals surface area contributed by atoms with E-state index >= 15 is 0 Å². The summed E-state index contributed by atoms with van der Waals surface area (Å²) in [5, 5.41) is 13.6. The topological polar surface area (TPSA) is 96.5 Å².